The summed E-state index contributed by atoms with van der Waals surface area (Å²) in [5.74, 6) is 0.946. The van der Waals surface area contributed by atoms with Gasteiger partial charge in [-0.2, -0.15) is 0 Å². The minimum atomic E-state index is -0.144. The lowest BCUT2D eigenvalue weighted by Crippen LogP contribution is -2.28. The van der Waals surface area contributed by atoms with Crippen molar-refractivity contribution < 1.29 is 14.3 Å². The van der Waals surface area contributed by atoms with E-state index in [0.717, 1.165) is 35.3 Å². The van der Waals surface area contributed by atoms with Crippen molar-refractivity contribution in [3.63, 3.8) is 0 Å². The lowest BCUT2D eigenvalue weighted by molar-refractivity contribution is -0.113. The molecule has 1 saturated heterocycles. The Morgan fingerprint density at radius 3 is 2.20 bits per heavy atom. The number of nitrogens with zero attached hydrogens (tertiary/aromatic N) is 2. The predicted molar refractivity (Wildman–Crippen MR) is 188 cm³/mol. The van der Waals surface area contributed by atoms with E-state index in [1.165, 1.54) is 22.9 Å². The molecule has 0 radical (unpaired) electrons. The van der Waals surface area contributed by atoms with Crippen molar-refractivity contribution in [1.82, 2.24) is 0 Å². The van der Waals surface area contributed by atoms with Gasteiger partial charge in [0.25, 0.3) is 5.91 Å². The number of carbonyl (C=O) groups excluding carboxylic acids is 1. The first kappa shape index (κ1) is 32.2. The van der Waals surface area contributed by atoms with Crippen molar-refractivity contribution in [2.24, 2.45) is 4.99 Å². The molecule has 4 aromatic rings. The number of benzene rings is 4. The lowest BCUT2D eigenvalue weighted by Gasteiger charge is -2.16. The van der Waals surface area contributed by atoms with E-state index in [1.807, 2.05) is 67.6 Å². The average Bonchev–Trinajstić information content (AvgIpc) is 3.31. The van der Waals surface area contributed by atoms with Crippen LogP contribution in [0.1, 0.15) is 43.0 Å². The van der Waals surface area contributed by atoms with Crippen LogP contribution >= 0.6 is 50.9 Å². The number of aryl methyl sites for hydroxylation is 2. The van der Waals surface area contributed by atoms with Crippen LogP contribution < -0.4 is 14.4 Å². The first-order valence-corrected chi connectivity index (χ1v) is 16.7. The molecule has 0 unspecified atom stereocenters. The van der Waals surface area contributed by atoms with Crippen molar-refractivity contribution in [3.05, 3.63) is 121 Å². The van der Waals surface area contributed by atoms with Gasteiger partial charge in [0, 0.05) is 15.6 Å². The van der Waals surface area contributed by atoms with Crippen LogP contribution in [0.5, 0.6) is 11.5 Å². The van der Waals surface area contributed by atoms with Crippen LogP contribution in [0, 0.1) is 0 Å². The summed E-state index contributed by atoms with van der Waals surface area (Å²) in [6, 6.07) is 25.2. The third-order valence-electron chi connectivity index (χ3n) is 7.00. The van der Waals surface area contributed by atoms with Crippen molar-refractivity contribution in [1.29, 1.82) is 0 Å². The zero-order valence-electron chi connectivity index (χ0n) is 24.6. The summed E-state index contributed by atoms with van der Waals surface area (Å²) in [5.41, 5.74) is 5.57. The van der Waals surface area contributed by atoms with Crippen molar-refractivity contribution in [2.75, 3.05) is 11.5 Å². The first-order valence-electron chi connectivity index (χ1n) is 14.3. The third kappa shape index (κ3) is 7.52. The number of halogens is 3. The van der Waals surface area contributed by atoms with E-state index in [0.29, 0.717) is 42.7 Å². The maximum Gasteiger partial charge on any atom is 0.271 e. The van der Waals surface area contributed by atoms with Crippen LogP contribution in [0.3, 0.4) is 0 Å². The maximum atomic E-state index is 13.9. The van der Waals surface area contributed by atoms with Gasteiger partial charge >= 0.3 is 0 Å². The van der Waals surface area contributed by atoms with E-state index in [9.17, 15) is 4.79 Å². The molecule has 0 atom stereocenters. The second-order valence-electron chi connectivity index (χ2n) is 9.97. The number of carbonyl (C=O) groups is 1. The number of amidine groups is 1. The van der Waals surface area contributed by atoms with Crippen LogP contribution in [0.25, 0.3) is 6.08 Å². The highest BCUT2D eigenvalue weighted by Gasteiger charge is 2.35. The van der Waals surface area contributed by atoms with Gasteiger partial charge in [-0.1, -0.05) is 67.4 Å². The third-order valence-corrected chi connectivity index (χ3v) is 9.14. The van der Waals surface area contributed by atoms with Crippen LogP contribution in [-0.2, 0) is 24.2 Å². The van der Waals surface area contributed by atoms with Gasteiger partial charge in [-0.25, -0.2) is 4.99 Å². The number of hydrogen-bond donors (Lipinski definition) is 0. The summed E-state index contributed by atoms with van der Waals surface area (Å²) in [5, 5.41) is 1.68. The monoisotopic (exact) mass is 708 g/mol. The van der Waals surface area contributed by atoms with Crippen molar-refractivity contribution in [3.8, 4) is 11.5 Å². The molecule has 0 spiro atoms. The molecule has 0 saturated carbocycles. The molecule has 0 bridgehead atoms. The van der Waals surface area contributed by atoms with E-state index in [2.05, 4.69) is 41.9 Å². The molecule has 5 rings (SSSR count). The van der Waals surface area contributed by atoms with Gasteiger partial charge in [-0.05, 0) is 119 Å². The number of amides is 1. The molecule has 1 aliphatic heterocycles. The fourth-order valence-electron chi connectivity index (χ4n) is 4.59. The number of anilines is 1. The van der Waals surface area contributed by atoms with E-state index < -0.39 is 0 Å². The molecule has 5 nitrogen and oxygen atoms in total. The average molecular weight is 711 g/mol. The van der Waals surface area contributed by atoms with Gasteiger partial charge in [-0.3, -0.25) is 9.69 Å². The molecule has 0 aliphatic carbocycles. The van der Waals surface area contributed by atoms with Gasteiger partial charge in [0.2, 0.25) is 0 Å². The second kappa shape index (κ2) is 14.7. The molecule has 0 N–H and O–H groups in total. The van der Waals surface area contributed by atoms with Gasteiger partial charge in [0.05, 0.1) is 27.4 Å². The largest absolute Gasteiger partial charge is 0.490 e. The zero-order valence-corrected chi connectivity index (χ0v) is 28.5. The Bertz CT molecular complexity index is 1720. The second-order valence-corrected chi connectivity index (χ2v) is 12.7. The molecular formula is C35H31BrCl2N2O3S. The maximum absolute atomic E-state index is 13.9. The van der Waals surface area contributed by atoms with E-state index >= 15 is 0 Å². The molecule has 226 valence electrons. The molecule has 1 fully saturated rings. The summed E-state index contributed by atoms with van der Waals surface area (Å²) >= 11 is 17.4. The molecule has 1 aliphatic rings. The Morgan fingerprint density at radius 1 is 0.886 bits per heavy atom. The highest BCUT2D eigenvalue weighted by molar-refractivity contribution is 9.10. The summed E-state index contributed by atoms with van der Waals surface area (Å²) in [6.45, 7) is 6.81. The fourth-order valence-corrected chi connectivity index (χ4v) is 6.63. The highest BCUT2D eigenvalue weighted by Crippen LogP contribution is 2.41. The SMILES string of the molecule is CCOc1cc(/C=C2\SC(=Nc3ccc(CC)cc3)N(c3ccc(CC)cc3)C2=O)cc(Br)c1OCc1ccc(Cl)cc1Cl. The lowest BCUT2D eigenvalue weighted by atomic mass is 10.1. The van der Waals surface area contributed by atoms with E-state index in [4.69, 9.17) is 37.7 Å². The van der Waals surface area contributed by atoms with Crippen LogP contribution in [0.4, 0.5) is 11.4 Å². The topological polar surface area (TPSA) is 51.1 Å². The summed E-state index contributed by atoms with van der Waals surface area (Å²) in [6.07, 6.45) is 3.73. The zero-order chi connectivity index (χ0) is 31.2. The number of rotatable bonds is 10. The van der Waals surface area contributed by atoms with Gasteiger partial charge in [0.1, 0.15) is 6.61 Å². The summed E-state index contributed by atoms with van der Waals surface area (Å²) in [4.78, 5) is 21.0. The Hall–Kier alpha value is -3.23. The van der Waals surface area contributed by atoms with E-state index in [1.54, 1.807) is 17.0 Å². The smallest absolute Gasteiger partial charge is 0.271 e. The standard InChI is InChI=1S/C35H31BrCl2N2O3S/c1-4-22-7-13-27(14-8-22)39-35-40(28-15-9-23(5-2)10-16-28)34(41)32(44-35)19-24-17-29(36)33(31(18-24)42-6-3)43-21-25-11-12-26(37)20-30(25)38/h7-20H,4-6,21H2,1-3H3/b32-19-,39-35?. The molecule has 44 heavy (non-hydrogen) atoms. The first-order chi connectivity index (χ1) is 21.3. The number of aliphatic imine (C=N–C) groups is 1. The minimum Gasteiger partial charge on any atom is -0.490 e. The van der Waals surface area contributed by atoms with Gasteiger partial charge in [-0.15, -0.1) is 0 Å². The van der Waals surface area contributed by atoms with Gasteiger partial charge in [0.15, 0.2) is 16.7 Å². The van der Waals surface area contributed by atoms with Crippen molar-refractivity contribution in [2.45, 2.75) is 40.2 Å². The van der Waals surface area contributed by atoms with Crippen molar-refractivity contribution >= 4 is 79.4 Å². The minimum absolute atomic E-state index is 0.144. The van der Waals surface area contributed by atoms with Gasteiger partial charge < -0.3 is 9.47 Å². The van der Waals surface area contributed by atoms with Crippen LogP contribution in [0.2, 0.25) is 10.0 Å². The molecule has 4 aromatic carbocycles. The number of hydrogen-bond acceptors (Lipinski definition) is 5. The normalized spacial score (nSPS) is 15.0. The molecule has 1 amide bonds. The Kier molecular flexibility index (Phi) is 10.7. The summed E-state index contributed by atoms with van der Waals surface area (Å²) in [7, 11) is 0. The van der Waals surface area contributed by atoms with Crippen LogP contribution in [-0.4, -0.2) is 17.7 Å². The summed E-state index contributed by atoms with van der Waals surface area (Å²) < 4.78 is 12.8. The molecular weight excluding hydrogens is 679 g/mol. The predicted octanol–water partition coefficient (Wildman–Crippen LogP) is 10.7. The Morgan fingerprint density at radius 2 is 1.57 bits per heavy atom. The molecule has 0 aromatic heterocycles. The highest BCUT2D eigenvalue weighted by atomic mass is 79.9. The number of thioether (sulfide) groups is 1. The Labute approximate surface area is 281 Å². The molecule has 9 heteroatoms. The Balaban J connectivity index is 1.48. The molecule has 1 heterocycles. The fraction of sp³-hybridized carbons (Fsp3) is 0.200. The quantitative estimate of drug-likeness (QED) is 0.154. The number of ether oxygens (including phenoxy) is 2. The van der Waals surface area contributed by atoms with Crippen LogP contribution in [0.15, 0.2) is 93.2 Å². The van der Waals surface area contributed by atoms with E-state index in [-0.39, 0.29) is 12.5 Å².